The van der Waals surface area contributed by atoms with E-state index in [0.717, 1.165) is 28.0 Å². The van der Waals surface area contributed by atoms with Crippen LogP contribution in [0, 0.1) is 5.82 Å². The summed E-state index contributed by atoms with van der Waals surface area (Å²) in [6.07, 6.45) is 2.78. The number of aliphatic imine (C=N–C) groups is 1. The van der Waals surface area contributed by atoms with Gasteiger partial charge in [-0.15, -0.1) is 0 Å². The number of fused-ring (bicyclic) bond motifs is 1. The Morgan fingerprint density at radius 3 is 2.72 bits per heavy atom. The SMILES string of the molecule is Fc1ccc(Nc2cc3c(cc2Br)CC=N3)cc1. The van der Waals surface area contributed by atoms with Crippen LogP contribution in [0.3, 0.4) is 0 Å². The zero-order valence-corrected chi connectivity index (χ0v) is 11.0. The number of anilines is 2. The van der Waals surface area contributed by atoms with Crippen molar-refractivity contribution in [1.82, 2.24) is 0 Å². The van der Waals surface area contributed by atoms with Gasteiger partial charge in [0.25, 0.3) is 0 Å². The van der Waals surface area contributed by atoms with E-state index in [0.29, 0.717) is 0 Å². The fourth-order valence-electron chi connectivity index (χ4n) is 1.91. The first-order valence-electron chi connectivity index (χ1n) is 5.60. The van der Waals surface area contributed by atoms with Crippen molar-refractivity contribution in [1.29, 1.82) is 0 Å². The van der Waals surface area contributed by atoms with Crippen molar-refractivity contribution in [3.63, 3.8) is 0 Å². The van der Waals surface area contributed by atoms with E-state index in [2.05, 4.69) is 32.3 Å². The highest BCUT2D eigenvalue weighted by Crippen LogP contribution is 2.35. The van der Waals surface area contributed by atoms with Crippen molar-refractivity contribution in [3.8, 4) is 0 Å². The Morgan fingerprint density at radius 2 is 1.94 bits per heavy atom. The van der Waals surface area contributed by atoms with Crippen LogP contribution in [0.2, 0.25) is 0 Å². The van der Waals surface area contributed by atoms with Gasteiger partial charge in [-0.25, -0.2) is 4.39 Å². The van der Waals surface area contributed by atoms with E-state index in [4.69, 9.17) is 0 Å². The molecular formula is C14H10BrFN2. The molecule has 0 radical (unpaired) electrons. The first-order valence-corrected chi connectivity index (χ1v) is 6.39. The molecule has 18 heavy (non-hydrogen) atoms. The predicted molar refractivity (Wildman–Crippen MR) is 75.7 cm³/mol. The molecule has 1 aliphatic rings. The summed E-state index contributed by atoms with van der Waals surface area (Å²) in [5.74, 6) is -0.238. The molecule has 0 fully saturated rings. The lowest BCUT2D eigenvalue weighted by molar-refractivity contribution is 0.628. The molecule has 4 heteroatoms. The van der Waals surface area contributed by atoms with Crippen LogP contribution in [0.15, 0.2) is 45.9 Å². The molecule has 90 valence electrons. The van der Waals surface area contributed by atoms with E-state index < -0.39 is 0 Å². The van der Waals surface area contributed by atoms with Crippen molar-refractivity contribution in [3.05, 3.63) is 52.3 Å². The highest BCUT2D eigenvalue weighted by molar-refractivity contribution is 9.10. The van der Waals surface area contributed by atoms with Gasteiger partial charge in [0, 0.05) is 22.8 Å². The Labute approximate surface area is 113 Å². The summed E-state index contributed by atoms with van der Waals surface area (Å²) >= 11 is 3.53. The molecule has 1 aliphatic heterocycles. The lowest BCUT2D eigenvalue weighted by Crippen LogP contribution is -1.92. The zero-order valence-electron chi connectivity index (χ0n) is 9.45. The minimum Gasteiger partial charge on any atom is -0.355 e. The molecule has 1 N–H and O–H groups in total. The number of benzene rings is 2. The molecule has 3 rings (SSSR count). The molecule has 0 amide bonds. The minimum absolute atomic E-state index is 0.238. The number of halogens is 2. The molecule has 1 heterocycles. The van der Waals surface area contributed by atoms with Crippen LogP contribution in [0.25, 0.3) is 0 Å². The van der Waals surface area contributed by atoms with Crippen LogP contribution in [-0.2, 0) is 6.42 Å². The summed E-state index contributed by atoms with van der Waals surface area (Å²) in [4.78, 5) is 4.31. The van der Waals surface area contributed by atoms with E-state index in [1.54, 1.807) is 12.1 Å². The topological polar surface area (TPSA) is 24.4 Å². The van der Waals surface area contributed by atoms with Crippen LogP contribution in [0.4, 0.5) is 21.5 Å². The molecule has 0 atom stereocenters. The van der Waals surface area contributed by atoms with Crippen LogP contribution in [0.5, 0.6) is 0 Å². The molecule has 0 spiro atoms. The van der Waals surface area contributed by atoms with Crippen LogP contribution < -0.4 is 5.32 Å². The molecule has 0 aromatic heterocycles. The van der Waals surface area contributed by atoms with Crippen molar-refractivity contribution >= 4 is 39.2 Å². The first kappa shape index (κ1) is 11.4. The van der Waals surface area contributed by atoms with Crippen molar-refractivity contribution in [2.24, 2.45) is 4.99 Å². The van der Waals surface area contributed by atoms with Gasteiger partial charge in [0.05, 0.1) is 11.4 Å². The Morgan fingerprint density at radius 1 is 1.17 bits per heavy atom. The largest absolute Gasteiger partial charge is 0.355 e. The maximum absolute atomic E-state index is 12.8. The molecule has 0 bridgehead atoms. The average molecular weight is 305 g/mol. The summed E-state index contributed by atoms with van der Waals surface area (Å²) < 4.78 is 13.8. The van der Waals surface area contributed by atoms with Crippen LogP contribution in [0.1, 0.15) is 5.56 Å². The number of hydrogen-bond acceptors (Lipinski definition) is 2. The Bertz CT molecular complexity index is 620. The second-order valence-corrected chi connectivity index (χ2v) is 4.96. The monoisotopic (exact) mass is 304 g/mol. The third-order valence-electron chi connectivity index (χ3n) is 2.83. The van der Waals surface area contributed by atoms with Crippen molar-refractivity contribution < 1.29 is 4.39 Å². The Balaban J connectivity index is 1.93. The quantitative estimate of drug-likeness (QED) is 0.862. The van der Waals surface area contributed by atoms with Crippen molar-refractivity contribution in [2.45, 2.75) is 6.42 Å². The van der Waals surface area contributed by atoms with Crippen molar-refractivity contribution in [2.75, 3.05) is 5.32 Å². The van der Waals surface area contributed by atoms with Gasteiger partial charge in [-0.3, -0.25) is 4.99 Å². The summed E-state index contributed by atoms with van der Waals surface area (Å²) in [5.41, 5.74) is 3.98. The molecule has 2 aromatic carbocycles. The van der Waals surface area contributed by atoms with E-state index >= 15 is 0 Å². The molecule has 0 saturated carbocycles. The fraction of sp³-hybridized carbons (Fsp3) is 0.0714. The summed E-state index contributed by atoms with van der Waals surface area (Å²) in [7, 11) is 0. The number of nitrogens with zero attached hydrogens (tertiary/aromatic N) is 1. The summed E-state index contributed by atoms with van der Waals surface area (Å²) in [6.45, 7) is 0. The number of rotatable bonds is 2. The van der Waals surface area contributed by atoms with Gasteiger partial charge >= 0.3 is 0 Å². The Hall–Kier alpha value is -1.68. The van der Waals surface area contributed by atoms with Gasteiger partial charge in [0.15, 0.2) is 0 Å². The second kappa shape index (κ2) is 4.53. The van der Waals surface area contributed by atoms with Gasteiger partial charge in [-0.2, -0.15) is 0 Å². The maximum atomic E-state index is 12.8. The van der Waals surface area contributed by atoms with Gasteiger partial charge in [0.1, 0.15) is 5.82 Å². The second-order valence-electron chi connectivity index (χ2n) is 4.11. The summed E-state index contributed by atoms with van der Waals surface area (Å²) in [6, 6.07) is 10.3. The van der Waals surface area contributed by atoms with Gasteiger partial charge in [0.2, 0.25) is 0 Å². The van der Waals surface area contributed by atoms with Gasteiger partial charge in [-0.05, 0) is 57.9 Å². The smallest absolute Gasteiger partial charge is 0.123 e. The average Bonchev–Trinajstić information content (AvgIpc) is 2.79. The summed E-state index contributed by atoms with van der Waals surface area (Å²) in [5, 5.41) is 3.24. The van der Waals surface area contributed by atoms with E-state index in [1.807, 2.05) is 12.3 Å². The lowest BCUT2D eigenvalue weighted by Gasteiger charge is -2.10. The number of nitrogens with one attached hydrogen (secondary N) is 1. The zero-order chi connectivity index (χ0) is 12.5. The highest BCUT2D eigenvalue weighted by atomic mass is 79.9. The van der Waals surface area contributed by atoms with E-state index in [-0.39, 0.29) is 5.82 Å². The molecule has 0 saturated heterocycles. The van der Waals surface area contributed by atoms with E-state index in [9.17, 15) is 4.39 Å². The van der Waals surface area contributed by atoms with Gasteiger partial charge < -0.3 is 5.32 Å². The molecule has 2 nitrogen and oxygen atoms in total. The number of hydrogen-bond donors (Lipinski definition) is 1. The third kappa shape index (κ3) is 2.16. The van der Waals surface area contributed by atoms with Gasteiger partial charge in [-0.1, -0.05) is 0 Å². The lowest BCUT2D eigenvalue weighted by atomic mass is 10.1. The minimum atomic E-state index is -0.238. The molecule has 2 aromatic rings. The van der Waals surface area contributed by atoms with E-state index in [1.165, 1.54) is 17.7 Å². The maximum Gasteiger partial charge on any atom is 0.123 e. The predicted octanol–water partition coefficient (Wildman–Crippen LogP) is 4.59. The Kier molecular flexibility index (Phi) is 2.88. The van der Waals surface area contributed by atoms with Crippen LogP contribution >= 0.6 is 15.9 Å². The highest BCUT2D eigenvalue weighted by Gasteiger charge is 2.10. The molecule has 0 aliphatic carbocycles. The molecular weight excluding hydrogens is 295 g/mol. The normalized spacial score (nSPS) is 12.6. The standard InChI is InChI=1S/C14H10BrFN2/c15-12-7-9-5-6-17-13(9)8-14(12)18-11-3-1-10(16)2-4-11/h1-4,6-8,18H,5H2. The third-order valence-corrected chi connectivity index (χ3v) is 3.49. The fourth-order valence-corrected chi connectivity index (χ4v) is 2.40. The molecule has 0 unspecified atom stereocenters. The first-order chi connectivity index (χ1) is 8.72. The van der Waals surface area contributed by atoms with Crippen LogP contribution in [-0.4, -0.2) is 6.21 Å².